The summed E-state index contributed by atoms with van der Waals surface area (Å²) in [6.45, 7) is 4.37. The summed E-state index contributed by atoms with van der Waals surface area (Å²) in [6, 6.07) is 22.1. The van der Waals surface area contributed by atoms with E-state index in [1.807, 2.05) is 67.6 Å². The quantitative estimate of drug-likeness (QED) is 0.285. The molecule has 0 aliphatic carbocycles. The van der Waals surface area contributed by atoms with Crippen molar-refractivity contribution in [2.75, 3.05) is 44.9 Å². The number of nitrogens with one attached hydrogen (secondary N) is 1. The van der Waals surface area contributed by atoms with Crippen LogP contribution in [0.3, 0.4) is 0 Å². The Balaban J connectivity index is 1.24. The highest BCUT2D eigenvalue weighted by molar-refractivity contribution is 5.96. The zero-order chi connectivity index (χ0) is 26.7. The molecule has 8 nitrogen and oxygen atoms in total. The molecule has 1 amide bonds. The van der Waals surface area contributed by atoms with Crippen LogP contribution in [-0.4, -0.2) is 57.9 Å². The minimum atomic E-state index is -0.404. The van der Waals surface area contributed by atoms with E-state index in [-0.39, 0.29) is 25.1 Å². The Bertz CT molecular complexity index is 1200. The van der Waals surface area contributed by atoms with Gasteiger partial charge in [-0.25, -0.2) is 4.79 Å². The Morgan fingerprint density at radius 2 is 1.76 bits per heavy atom. The van der Waals surface area contributed by atoms with E-state index >= 15 is 0 Å². The van der Waals surface area contributed by atoms with Crippen LogP contribution in [-0.2, 0) is 20.9 Å². The maximum Gasteiger partial charge on any atom is 0.338 e. The average molecular weight is 519 g/mol. The van der Waals surface area contributed by atoms with Gasteiger partial charge in [-0.15, -0.1) is 0 Å². The topological polar surface area (TPSA) is 86.3 Å². The predicted molar refractivity (Wildman–Crippen MR) is 145 cm³/mol. The van der Waals surface area contributed by atoms with Crippen LogP contribution in [0.2, 0.25) is 0 Å². The second-order valence-corrected chi connectivity index (χ2v) is 9.07. The number of hydrogen-bond donors (Lipinski definition) is 1. The number of aryl methyl sites for hydroxylation is 1. The lowest BCUT2D eigenvalue weighted by Gasteiger charge is -2.35. The lowest BCUT2D eigenvalue weighted by Crippen LogP contribution is -2.57. The predicted octanol–water partition coefficient (Wildman–Crippen LogP) is 4.15. The number of anilines is 1. The molecule has 0 radical (unpaired) electrons. The zero-order valence-corrected chi connectivity index (χ0v) is 21.9. The normalized spacial score (nSPS) is 15.3. The largest absolute Gasteiger partial charge is 0.496 e. The van der Waals surface area contributed by atoms with Crippen LogP contribution in [0.5, 0.6) is 11.5 Å². The fraction of sp³-hybridized carbons (Fsp3) is 0.333. The van der Waals surface area contributed by atoms with E-state index in [4.69, 9.17) is 18.9 Å². The molecular weight excluding hydrogens is 484 g/mol. The van der Waals surface area contributed by atoms with Gasteiger partial charge in [-0.3, -0.25) is 4.79 Å². The molecule has 0 saturated carbocycles. The molecule has 3 aromatic rings. The standard InChI is InChI=1S/C30H34N2O6/c1-22-8-10-23(11-9-22)30(34)38-21-26-18-31-19-29(33)32(26)25-12-14-27(15-13-25)37-17-5-16-36-20-24-6-3-4-7-28(24)35-2/h3-4,6-15,26,31H,5,16-21H2,1-2H3/t26-/m1/s1. The summed E-state index contributed by atoms with van der Waals surface area (Å²) in [5.74, 6) is 1.05. The lowest BCUT2D eigenvalue weighted by molar-refractivity contribution is -0.119. The first-order valence-electron chi connectivity index (χ1n) is 12.7. The highest BCUT2D eigenvalue weighted by Crippen LogP contribution is 2.24. The number of methoxy groups -OCH3 is 1. The van der Waals surface area contributed by atoms with Gasteiger partial charge in [0.15, 0.2) is 0 Å². The van der Waals surface area contributed by atoms with Crippen molar-refractivity contribution in [2.45, 2.75) is 26.0 Å². The van der Waals surface area contributed by atoms with E-state index in [1.165, 1.54) is 0 Å². The smallest absolute Gasteiger partial charge is 0.338 e. The van der Waals surface area contributed by atoms with Crippen molar-refractivity contribution in [3.63, 3.8) is 0 Å². The van der Waals surface area contributed by atoms with Crippen molar-refractivity contribution in [2.24, 2.45) is 0 Å². The van der Waals surface area contributed by atoms with Crippen molar-refractivity contribution in [1.82, 2.24) is 5.32 Å². The fourth-order valence-corrected chi connectivity index (χ4v) is 4.22. The number of hydrogen-bond acceptors (Lipinski definition) is 7. The van der Waals surface area contributed by atoms with Gasteiger partial charge >= 0.3 is 5.97 Å². The number of esters is 1. The molecule has 1 aliphatic rings. The highest BCUT2D eigenvalue weighted by Gasteiger charge is 2.30. The van der Waals surface area contributed by atoms with Crippen molar-refractivity contribution < 1.29 is 28.5 Å². The van der Waals surface area contributed by atoms with Crippen LogP contribution in [0.1, 0.15) is 27.9 Å². The van der Waals surface area contributed by atoms with Crippen molar-refractivity contribution in [3.8, 4) is 11.5 Å². The van der Waals surface area contributed by atoms with E-state index in [0.29, 0.717) is 37.7 Å². The first kappa shape index (κ1) is 27.2. The molecule has 1 heterocycles. The monoisotopic (exact) mass is 518 g/mol. The number of rotatable bonds is 12. The van der Waals surface area contributed by atoms with Gasteiger partial charge in [0.1, 0.15) is 18.1 Å². The lowest BCUT2D eigenvalue weighted by atomic mass is 10.1. The second-order valence-electron chi connectivity index (χ2n) is 9.07. The molecule has 200 valence electrons. The van der Waals surface area contributed by atoms with Gasteiger partial charge in [0.05, 0.1) is 45.1 Å². The van der Waals surface area contributed by atoms with Gasteiger partial charge in [0.2, 0.25) is 5.91 Å². The molecule has 3 aromatic carbocycles. The van der Waals surface area contributed by atoms with Crippen molar-refractivity contribution in [1.29, 1.82) is 0 Å². The number of para-hydroxylation sites is 1. The van der Waals surface area contributed by atoms with Crippen LogP contribution in [0.25, 0.3) is 0 Å². The van der Waals surface area contributed by atoms with E-state index in [1.54, 1.807) is 24.1 Å². The summed E-state index contributed by atoms with van der Waals surface area (Å²) < 4.78 is 22.5. The third kappa shape index (κ3) is 7.34. The van der Waals surface area contributed by atoms with Gasteiger partial charge < -0.3 is 29.2 Å². The van der Waals surface area contributed by atoms with Crippen LogP contribution in [0.4, 0.5) is 5.69 Å². The summed E-state index contributed by atoms with van der Waals surface area (Å²) in [6.07, 6.45) is 0.738. The third-order valence-electron chi connectivity index (χ3n) is 6.25. The number of piperazine rings is 1. The van der Waals surface area contributed by atoms with E-state index in [0.717, 1.165) is 29.0 Å². The number of carbonyl (C=O) groups is 2. The third-order valence-corrected chi connectivity index (χ3v) is 6.25. The average Bonchev–Trinajstić information content (AvgIpc) is 2.94. The SMILES string of the molecule is COc1ccccc1COCCCOc1ccc(N2C(=O)CNC[C@@H]2COC(=O)c2ccc(C)cc2)cc1. The summed E-state index contributed by atoms with van der Waals surface area (Å²) in [5, 5.41) is 3.10. The zero-order valence-electron chi connectivity index (χ0n) is 21.9. The molecular formula is C30H34N2O6. The summed E-state index contributed by atoms with van der Waals surface area (Å²) in [4.78, 5) is 26.9. The van der Waals surface area contributed by atoms with Crippen LogP contribution < -0.4 is 19.7 Å². The number of nitrogens with zero attached hydrogens (tertiary/aromatic N) is 1. The number of amides is 1. The molecule has 1 fully saturated rings. The molecule has 1 atom stereocenters. The fourth-order valence-electron chi connectivity index (χ4n) is 4.22. The van der Waals surface area contributed by atoms with Crippen LogP contribution in [0, 0.1) is 6.92 Å². The Kier molecular flexibility index (Phi) is 9.72. The number of ether oxygens (including phenoxy) is 4. The number of benzene rings is 3. The summed E-state index contributed by atoms with van der Waals surface area (Å²) >= 11 is 0. The van der Waals surface area contributed by atoms with Gasteiger partial charge in [-0.1, -0.05) is 35.9 Å². The Morgan fingerprint density at radius 1 is 1.00 bits per heavy atom. The molecule has 1 N–H and O–H groups in total. The molecule has 8 heteroatoms. The molecule has 38 heavy (non-hydrogen) atoms. The maximum absolute atomic E-state index is 12.7. The number of carbonyl (C=O) groups excluding carboxylic acids is 2. The Labute approximate surface area is 223 Å². The van der Waals surface area contributed by atoms with E-state index in [2.05, 4.69) is 5.32 Å². The summed E-state index contributed by atoms with van der Waals surface area (Å²) in [5.41, 5.74) is 3.31. The Hall–Kier alpha value is -3.88. The van der Waals surface area contributed by atoms with Gasteiger partial charge in [-0.05, 0) is 49.4 Å². The van der Waals surface area contributed by atoms with E-state index in [9.17, 15) is 9.59 Å². The van der Waals surface area contributed by atoms with Gasteiger partial charge in [0.25, 0.3) is 0 Å². The molecule has 0 unspecified atom stereocenters. The maximum atomic E-state index is 12.7. The van der Waals surface area contributed by atoms with Crippen LogP contribution in [0.15, 0.2) is 72.8 Å². The van der Waals surface area contributed by atoms with Gasteiger partial charge in [0, 0.05) is 24.2 Å². The van der Waals surface area contributed by atoms with E-state index < -0.39 is 5.97 Å². The highest BCUT2D eigenvalue weighted by atomic mass is 16.5. The minimum Gasteiger partial charge on any atom is -0.496 e. The first-order chi connectivity index (χ1) is 18.5. The minimum absolute atomic E-state index is 0.0755. The van der Waals surface area contributed by atoms with Crippen LogP contribution >= 0.6 is 0 Å². The first-order valence-corrected chi connectivity index (χ1v) is 12.7. The van der Waals surface area contributed by atoms with Gasteiger partial charge in [-0.2, -0.15) is 0 Å². The van der Waals surface area contributed by atoms with Crippen molar-refractivity contribution in [3.05, 3.63) is 89.5 Å². The summed E-state index contributed by atoms with van der Waals surface area (Å²) in [7, 11) is 1.65. The molecule has 0 bridgehead atoms. The second kappa shape index (κ2) is 13.6. The molecule has 1 saturated heterocycles. The molecule has 0 spiro atoms. The molecule has 0 aromatic heterocycles. The van der Waals surface area contributed by atoms with Crippen molar-refractivity contribution >= 4 is 17.6 Å². The molecule has 4 rings (SSSR count). The Morgan fingerprint density at radius 3 is 2.53 bits per heavy atom. The molecule has 1 aliphatic heterocycles.